The van der Waals surface area contributed by atoms with Crippen LogP contribution < -0.4 is 10.1 Å². The smallest absolute Gasteiger partial charge is 0.317 e. The van der Waals surface area contributed by atoms with Gasteiger partial charge in [0.05, 0.1) is 7.11 Å². The summed E-state index contributed by atoms with van der Waals surface area (Å²) in [6.07, 6.45) is 0. The Morgan fingerprint density at radius 1 is 1.08 bits per heavy atom. The van der Waals surface area contributed by atoms with Crippen LogP contribution in [-0.2, 0) is 13.1 Å². The summed E-state index contributed by atoms with van der Waals surface area (Å²) in [5.74, 6) is 0.833. The Kier molecular flexibility index (Phi) is 5.64. The van der Waals surface area contributed by atoms with Crippen molar-refractivity contribution in [1.29, 1.82) is 0 Å². The third-order valence-corrected chi connectivity index (χ3v) is 4.64. The summed E-state index contributed by atoms with van der Waals surface area (Å²) >= 11 is 6.16. The number of methoxy groups -OCH3 is 1. The summed E-state index contributed by atoms with van der Waals surface area (Å²) < 4.78 is 5.24. The summed E-state index contributed by atoms with van der Waals surface area (Å²) in [5, 5.41) is 5.83. The van der Waals surface area contributed by atoms with E-state index in [4.69, 9.17) is 16.3 Å². The number of nitrogens with zero attached hydrogens (tertiary/aromatic N) is 1. The molecule has 0 aliphatic carbocycles. The number of carbonyl (C=O) groups excluding carboxylic acids is 1. The van der Waals surface area contributed by atoms with Gasteiger partial charge in [0, 0.05) is 25.2 Å². The second kappa shape index (κ2) is 8.11. The lowest BCUT2D eigenvalue weighted by atomic mass is 10.1. The molecule has 0 radical (unpaired) electrons. The zero-order chi connectivity index (χ0) is 18.5. The standard InChI is InChI=1S/C21H21ClN2O2/c1-24(14-18-5-3-4-6-20(18)22)21(25)23-13-15-7-8-17-12-19(26-2)10-9-16(17)11-15/h3-12H,13-14H2,1-2H3,(H,23,25). The molecule has 3 aromatic carbocycles. The van der Waals surface area contributed by atoms with E-state index in [1.807, 2.05) is 54.6 Å². The zero-order valence-electron chi connectivity index (χ0n) is 14.8. The molecule has 0 saturated heterocycles. The van der Waals surface area contributed by atoms with Crippen LogP contribution in [0.15, 0.2) is 60.7 Å². The molecule has 0 heterocycles. The van der Waals surface area contributed by atoms with E-state index in [0.717, 1.165) is 27.6 Å². The lowest BCUT2D eigenvalue weighted by Gasteiger charge is -2.19. The fourth-order valence-corrected chi connectivity index (χ4v) is 2.97. The third kappa shape index (κ3) is 4.27. The fraction of sp³-hybridized carbons (Fsp3) is 0.190. The molecule has 4 nitrogen and oxygen atoms in total. The van der Waals surface area contributed by atoms with Crippen LogP contribution in [-0.4, -0.2) is 25.1 Å². The van der Waals surface area contributed by atoms with Crippen LogP contribution in [0.3, 0.4) is 0 Å². The first-order valence-corrected chi connectivity index (χ1v) is 8.73. The molecule has 1 N–H and O–H groups in total. The van der Waals surface area contributed by atoms with E-state index >= 15 is 0 Å². The Hall–Kier alpha value is -2.72. The number of ether oxygens (including phenoxy) is 1. The van der Waals surface area contributed by atoms with Crippen LogP contribution in [0.5, 0.6) is 5.75 Å². The molecule has 0 unspecified atom stereocenters. The topological polar surface area (TPSA) is 41.6 Å². The highest BCUT2D eigenvalue weighted by molar-refractivity contribution is 6.31. The second-order valence-corrected chi connectivity index (χ2v) is 6.56. The van der Waals surface area contributed by atoms with Crippen LogP contribution in [0, 0.1) is 0 Å². The molecule has 3 aromatic rings. The van der Waals surface area contributed by atoms with Gasteiger partial charge in [-0.3, -0.25) is 0 Å². The normalized spacial score (nSPS) is 10.6. The maximum absolute atomic E-state index is 12.3. The van der Waals surface area contributed by atoms with Gasteiger partial charge in [-0.05, 0) is 46.2 Å². The molecule has 0 aliphatic rings. The lowest BCUT2D eigenvalue weighted by Crippen LogP contribution is -2.36. The van der Waals surface area contributed by atoms with Gasteiger partial charge in [-0.25, -0.2) is 4.79 Å². The molecule has 0 aromatic heterocycles. The van der Waals surface area contributed by atoms with E-state index in [1.54, 1.807) is 19.1 Å². The molecule has 0 spiro atoms. The van der Waals surface area contributed by atoms with Crippen molar-refractivity contribution in [3.63, 3.8) is 0 Å². The molecule has 3 rings (SSSR count). The van der Waals surface area contributed by atoms with Crippen LogP contribution in [0.4, 0.5) is 4.79 Å². The molecule has 5 heteroatoms. The fourth-order valence-electron chi connectivity index (χ4n) is 2.78. The van der Waals surface area contributed by atoms with Crippen molar-refractivity contribution >= 4 is 28.4 Å². The summed E-state index contributed by atoms with van der Waals surface area (Å²) in [6.45, 7) is 0.927. The summed E-state index contributed by atoms with van der Waals surface area (Å²) in [5.41, 5.74) is 1.97. The van der Waals surface area contributed by atoms with Crippen molar-refractivity contribution in [3.05, 3.63) is 76.8 Å². The van der Waals surface area contributed by atoms with Crippen molar-refractivity contribution < 1.29 is 9.53 Å². The van der Waals surface area contributed by atoms with E-state index in [2.05, 4.69) is 11.4 Å². The van der Waals surface area contributed by atoms with Crippen LogP contribution in [0.1, 0.15) is 11.1 Å². The minimum atomic E-state index is -0.139. The molecular weight excluding hydrogens is 348 g/mol. The van der Waals surface area contributed by atoms with E-state index < -0.39 is 0 Å². The van der Waals surface area contributed by atoms with E-state index in [9.17, 15) is 4.79 Å². The summed E-state index contributed by atoms with van der Waals surface area (Å²) in [7, 11) is 3.41. The van der Waals surface area contributed by atoms with Gasteiger partial charge in [0.15, 0.2) is 0 Å². The number of nitrogens with one attached hydrogen (secondary N) is 1. The Morgan fingerprint density at radius 3 is 2.58 bits per heavy atom. The first-order valence-electron chi connectivity index (χ1n) is 8.36. The number of fused-ring (bicyclic) bond motifs is 1. The molecule has 0 saturated carbocycles. The highest BCUT2D eigenvalue weighted by atomic mass is 35.5. The Balaban J connectivity index is 1.61. The lowest BCUT2D eigenvalue weighted by molar-refractivity contribution is 0.206. The number of carbonyl (C=O) groups is 1. The quantitative estimate of drug-likeness (QED) is 0.699. The van der Waals surface area contributed by atoms with Gasteiger partial charge in [0.2, 0.25) is 0 Å². The molecule has 0 aliphatic heterocycles. The molecular formula is C21H21ClN2O2. The molecule has 0 atom stereocenters. The van der Waals surface area contributed by atoms with Crippen molar-refractivity contribution in [1.82, 2.24) is 10.2 Å². The molecule has 0 bridgehead atoms. The number of rotatable bonds is 5. The predicted octanol–water partition coefficient (Wildman–Crippen LogP) is 4.84. The number of benzene rings is 3. The van der Waals surface area contributed by atoms with Gasteiger partial charge in [-0.15, -0.1) is 0 Å². The van der Waals surface area contributed by atoms with Crippen LogP contribution in [0.2, 0.25) is 5.02 Å². The number of hydrogen-bond acceptors (Lipinski definition) is 2. The number of hydrogen-bond donors (Lipinski definition) is 1. The first-order chi connectivity index (χ1) is 12.6. The third-order valence-electron chi connectivity index (χ3n) is 4.27. The first kappa shape index (κ1) is 18.1. The largest absolute Gasteiger partial charge is 0.497 e. The maximum atomic E-state index is 12.3. The van der Waals surface area contributed by atoms with Gasteiger partial charge < -0.3 is 15.0 Å². The van der Waals surface area contributed by atoms with Gasteiger partial charge >= 0.3 is 6.03 Å². The average Bonchev–Trinajstić information content (AvgIpc) is 2.67. The maximum Gasteiger partial charge on any atom is 0.317 e. The number of amides is 2. The minimum absolute atomic E-state index is 0.139. The minimum Gasteiger partial charge on any atom is -0.497 e. The van der Waals surface area contributed by atoms with E-state index in [1.165, 1.54) is 0 Å². The Morgan fingerprint density at radius 2 is 1.81 bits per heavy atom. The SMILES string of the molecule is COc1ccc2cc(CNC(=O)N(C)Cc3ccccc3Cl)ccc2c1. The van der Waals surface area contributed by atoms with Gasteiger partial charge in [-0.2, -0.15) is 0 Å². The number of halogens is 1. The molecule has 134 valence electrons. The van der Waals surface area contributed by atoms with Crippen molar-refractivity contribution in [2.75, 3.05) is 14.2 Å². The predicted molar refractivity (Wildman–Crippen MR) is 106 cm³/mol. The Bertz CT molecular complexity index is 927. The second-order valence-electron chi connectivity index (χ2n) is 6.15. The van der Waals surface area contributed by atoms with Crippen molar-refractivity contribution in [3.8, 4) is 5.75 Å². The van der Waals surface area contributed by atoms with E-state index in [-0.39, 0.29) is 6.03 Å². The monoisotopic (exact) mass is 368 g/mol. The number of urea groups is 1. The highest BCUT2D eigenvalue weighted by Crippen LogP contribution is 2.22. The van der Waals surface area contributed by atoms with E-state index in [0.29, 0.717) is 18.1 Å². The molecule has 2 amide bonds. The van der Waals surface area contributed by atoms with Gasteiger partial charge in [0.25, 0.3) is 0 Å². The van der Waals surface area contributed by atoms with Gasteiger partial charge in [-0.1, -0.05) is 48.0 Å². The summed E-state index contributed by atoms with van der Waals surface area (Å²) in [6, 6.07) is 19.5. The zero-order valence-corrected chi connectivity index (χ0v) is 15.6. The summed E-state index contributed by atoms with van der Waals surface area (Å²) in [4.78, 5) is 14.0. The average molecular weight is 369 g/mol. The Labute approximate surface area is 158 Å². The highest BCUT2D eigenvalue weighted by Gasteiger charge is 2.10. The van der Waals surface area contributed by atoms with Gasteiger partial charge in [0.1, 0.15) is 5.75 Å². The molecule has 0 fully saturated rings. The molecule has 26 heavy (non-hydrogen) atoms. The van der Waals surface area contributed by atoms with Crippen molar-refractivity contribution in [2.24, 2.45) is 0 Å². The van der Waals surface area contributed by atoms with Crippen LogP contribution >= 0.6 is 11.6 Å². The van der Waals surface area contributed by atoms with Crippen LogP contribution in [0.25, 0.3) is 10.8 Å². The van der Waals surface area contributed by atoms with Crippen molar-refractivity contribution in [2.45, 2.75) is 13.1 Å².